The van der Waals surface area contributed by atoms with Crippen molar-refractivity contribution in [2.45, 2.75) is 56.3 Å². The first-order chi connectivity index (χ1) is 13.1. The highest BCUT2D eigenvalue weighted by atomic mass is 16.6. The van der Waals surface area contributed by atoms with Crippen LogP contribution in [0.15, 0.2) is 24.8 Å². The summed E-state index contributed by atoms with van der Waals surface area (Å²) >= 11 is 0. The van der Waals surface area contributed by atoms with E-state index in [4.69, 9.17) is 14.2 Å². The standard InChI is InChI=1S/C22H27NO4/c1-4-10-23-11-9-22-15-6-8-18(26-13(2)24)21(22)27-20-17(25-3)7-5-14(19(20)22)12-16(15)23/h4-5,7,15-16,18,21H,1,6,8-12H2,2-3H3/t15-,16?,18?,21?,22-/m1/s1. The molecule has 5 rings (SSSR count). The summed E-state index contributed by atoms with van der Waals surface area (Å²) in [7, 11) is 1.70. The lowest BCUT2D eigenvalue weighted by Crippen LogP contribution is -2.67. The van der Waals surface area contributed by atoms with Crippen LogP contribution in [-0.2, 0) is 21.4 Å². The van der Waals surface area contributed by atoms with Gasteiger partial charge in [0, 0.05) is 30.5 Å². The van der Waals surface area contributed by atoms with Crippen molar-refractivity contribution in [1.29, 1.82) is 0 Å². The van der Waals surface area contributed by atoms with Crippen LogP contribution < -0.4 is 9.47 Å². The lowest BCUT2D eigenvalue weighted by atomic mass is 9.51. The zero-order valence-corrected chi connectivity index (χ0v) is 16.1. The highest BCUT2D eigenvalue weighted by molar-refractivity contribution is 5.67. The first-order valence-electron chi connectivity index (χ1n) is 9.99. The van der Waals surface area contributed by atoms with E-state index >= 15 is 0 Å². The van der Waals surface area contributed by atoms with E-state index in [1.165, 1.54) is 18.1 Å². The number of hydrogen-bond donors (Lipinski definition) is 0. The van der Waals surface area contributed by atoms with Crippen molar-refractivity contribution in [3.8, 4) is 11.5 Å². The molecule has 2 fully saturated rings. The highest BCUT2D eigenvalue weighted by Crippen LogP contribution is 2.64. The molecule has 2 bridgehead atoms. The maximum Gasteiger partial charge on any atom is 0.303 e. The Labute approximate surface area is 160 Å². The molecule has 5 atom stereocenters. The third-order valence-corrected chi connectivity index (χ3v) is 7.26. The minimum absolute atomic E-state index is 0.0713. The monoisotopic (exact) mass is 369 g/mol. The summed E-state index contributed by atoms with van der Waals surface area (Å²) in [4.78, 5) is 14.3. The second-order valence-electron chi connectivity index (χ2n) is 8.35. The number of likely N-dealkylation sites (tertiary alicyclic amines) is 1. The maximum absolute atomic E-state index is 11.7. The average molecular weight is 369 g/mol. The van der Waals surface area contributed by atoms with Gasteiger partial charge in [0.15, 0.2) is 11.5 Å². The molecule has 2 aliphatic heterocycles. The minimum Gasteiger partial charge on any atom is -0.493 e. The Morgan fingerprint density at radius 2 is 2.30 bits per heavy atom. The van der Waals surface area contributed by atoms with Gasteiger partial charge in [-0.1, -0.05) is 12.1 Å². The van der Waals surface area contributed by atoms with Crippen LogP contribution in [0.5, 0.6) is 11.5 Å². The van der Waals surface area contributed by atoms with Crippen LogP contribution in [0.2, 0.25) is 0 Å². The van der Waals surface area contributed by atoms with Gasteiger partial charge in [-0.25, -0.2) is 0 Å². The van der Waals surface area contributed by atoms with Gasteiger partial charge < -0.3 is 14.2 Å². The maximum atomic E-state index is 11.7. The van der Waals surface area contributed by atoms with Gasteiger partial charge in [0.25, 0.3) is 0 Å². The van der Waals surface area contributed by atoms with Crippen molar-refractivity contribution in [2.24, 2.45) is 5.92 Å². The molecule has 0 radical (unpaired) electrons. The second kappa shape index (κ2) is 5.99. The Hall–Kier alpha value is -2.01. The molecule has 2 heterocycles. The van der Waals surface area contributed by atoms with Crippen LogP contribution in [0, 0.1) is 5.92 Å². The lowest BCUT2D eigenvalue weighted by Gasteiger charge is -2.59. The second-order valence-corrected chi connectivity index (χ2v) is 8.35. The number of methoxy groups -OCH3 is 1. The van der Waals surface area contributed by atoms with Crippen molar-refractivity contribution in [1.82, 2.24) is 4.90 Å². The summed E-state index contributed by atoms with van der Waals surface area (Å²) in [5.74, 6) is 1.98. The quantitative estimate of drug-likeness (QED) is 0.603. The lowest BCUT2D eigenvalue weighted by molar-refractivity contribution is -0.164. The van der Waals surface area contributed by atoms with E-state index in [2.05, 4.69) is 17.5 Å². The van der Waals surface area contributed by atoms with E-state index < -0.39 is 0 Å². The largest absolute Gasteiger partial charge is 0.493 e. The van der Waals surface area contributed by atoms with Gasteiger partial charge in [-0.05, 0) is 49.8 Å². The Morgan fingerprint density at radius 1 is 1.44 bits per heavy atom. The fraction of sp³-hybridized carbons (Fsp3) is 0.591. The number of benzene rings is 1. The molecule has 2 aliphatic carbocycles. The third kappa shape index (κ3) is 2.18. The van der Waals surface area contributed by atoms with Crippen LogP contribution in [0.3, 0.4) is 0 Å². The van der Waals surface area contributed by atoms with Crippen LogP contribution >= 0.6 is 0 Å². The molecule has 1 saturated carbocycles. The fourth-order valence-corrected chi connectivity index (χ4v) is 6.45. The Bertz CT molecular complexity index is 806. The Morgan fingerprint density at radius 3 is 3.04 bits per heavy atom. The summed E-state index contributed by atoms with van der Waals surface area (Å²) in [6.45, 7) is 7.40. The van der Waals surface area contributed by atoms with Gasteiger partial charge in [-0.2, -0.15) is 0 Å². The molecule has 4 aliphatic rings. The van der Waals surface area contributed by atoms with E-state index in [0.717, 1.165) is 50.3 Å². The number of carbonyl (C=O) groups excluding carboxylic acids is 1. The molecule has 0 amide bonds. The van der Waals surface area contributed by atoms with E-state index in [1.807, 2.05) is 12.1 Å². The summed E-state index contributed by atoms with van der Waals surface area (Å²) in [6.07, 6.45) is 5.71. The SMILES string of the molecule is C=CCN1CC[C@@]23c4c5ccc(OC)c4OC2C(OC(C)=O)CC[C@@H]3C1C5. The summed E-state index contributed by atoms with van der Waals surface area (Å²) in [6, 6.07) is 4.73. The Kier molecular flexibility index (Phi) is 3.80. The smallest absolute Gasteiger partial charge is 0.303 e. The zero-order chi connectivity index (χ0) is 18.8. The van der Waals surface area contributed by atoms with Crippen LogP contribution in [0.1, 0.15) is 37.3 Å². The first kappa shape index (κ1) is 17.1. The average Bonchev–Trinajstić information content (AvgIpc) is 2.99. The summed E-state index contributed by atoms with van der Waals surface area (Å²) in [5.41, 5.74) is 2.63. The number of hydrogen-bond acceptors (Lipinski definition) is 5. The number of carbonyl (C=O) groups is 1. The molecule has 1 aromatic carbocycles. The van der Waals surface area contributed by atoms with E-state index in [1.54, 1.807) is 7.11 Å². The molecule has 0 N–H and O–H groups in total. The first-order valence-corrected chi connectivity index (χ1v) is 9.99. The van der Waals surface area contributed by atoms with E-state index in [9.17, 15) is 4.79 Å². The van der Waals surface area contributed by atoms with Crippen LogP contribution in [0.25, 0.3) is 0 Å². The molecule has 0 aromatic heterocycles. The molecule has 144 valence electrons. The van der Waals surface area contributed by atoms with Crippen molar-refractivity contribution >= 4 is 5.97 Å². The highest BCUT2D eigenvalue weighted by Gasteiger charge is 2.66. The molecular weight excluding hydrogens is 342 g/mol. The van der Waals surface area contributed by atoms with Gasteiger partial charge >= 0.3 is 5.97 Å². The third-order valence-electron chi connectivity index (χ3n) is 7.26. The van der Waals surface area contributed by atoms with Gasteiger partial charge in [0.2, 0.25) is 0 Å². The Balaban J connectivity index is 1.67. The minimum atomic E-state index is -0.224. The predicted octanol–water partition coefficient (Wildman–Crippen LogP) is 2.85. The van der Waals surface area contributed by atoms with Gasteiger partial charge in [0.05, 0.1) is 7.11 Å². The number of esters is 1. The van der Waals surface area contributed by atoms with Crippen LogP contribution in [-0.4, -0.2) is 49.3 Å². The van der Waals surface area contributed by atoms with E-state index in [-0.39, 0.29) is 23.6 Å². The van der Waals surface area contributed by atoms with Crippen molar-refractivity contribution in [2.75, 3.05) is 20.2 Å². The topological polar surface area (TPSA) is 48.0 Å². The van der Waals surface area contributed by atoms with Crippen LogP contribution in [0.4, 0.5) is 0 Å². The molecule has 3 unspecified atom stereocenters. The molecule has 5 nitrogen and oxygen atoms in total. The van der Waals surface area contributed by atoms with Gasteiger partial charge in [-0.15, -0.1) is 6.58 Å². The normalized spacial score (nSPS) is 35.8. The number of piperidine rings is 1. The zero-order valence-electron chi connectivity index (χ0n) is 16.1. The number of rotatable bonds is 4. The number of ether oxygens (including phenoxy) is 3. The molecule has 1 saturated heterocycles. The van der Waals surface area contributed by atoms with Gasteiger partial charge in [0.1, 0.15) is 12.2 Å². The molecule has 27 heavy (non-hydrogen) atoms. The number of nitrogens with zero attached hydrogens (tertiary/aromatic N) is 1. The van der Waals surface area contributed by atoms with Crippen molar-refractivity contribution in [3.63, 3.8) is 0 Å². The summed E-state index contributed by atoms with van der Waals surface area (Å²) in [5, 5.41) is 0. The van der Waals surface area contributed by atoms with Crippen molar-refractivity contribution < 1.29 is 19.0 Å². The fourth-order valence-electron chi connectivity index (χ4n) is 6.45. The molecular formula is C22H27NO4. The predicted molar refractivity (Wildman–Crippen MR) is 101 cm³/mol. The van der Waals surface area contributed by atoms with Crippen molar-refractivity contribution in [3.05, 3.63) is 35.9 Å². The molecule has 5 heteroatoms. The molecule has 1 spiro atoms. The molecule has 1 aromatic rings. The van der Waals surface area contributed by atoms with E-state index in [0.29, 0.717) is 12.0 Å². The van der Waals surface area contributed by atoms with Gasteiger partial charge in [-0.3, -0.25) is 9.69 Å². The summed E-state index contributed by atoms with van der Waals surface area (Å²) < 4.78 is 17.9.